The van der Waals surface area contributed by atoms with E-state index >= 15 is 0 Å². The van der Waals surface area contributed by atoms with Gasteiger partial charge in [-0.3, -0.25) is 9.69 Å². The first-order chi connectivity index (χ1) is 13.3. The maximum atomic E-state index is 12.6. The Hall–Kier alpha value is -2.96. The monoisotopic (exact) mass is 396 g/mol. The molecule has 1 aromatic heterocycles. The minimum absolute atomic E-state index is 0. The molecular formula is C21H21ClN4O2. The quantitative estimate of drug-likeness (QED) is 0.713. The van der Waals surface area contributed by atoms with E-state index in [1.807, 2.05) is 48.5 Å². The lowest BCUT2D eigenvalue weighted by Crippen LogP contribution is -2.32. The lowest BCUT2D eigenvalue weighted by atomic mass is 10.00. The van der Waals surface area contributed by atoms with E-state index < -0.39 is 0 Å². The molecule has 1 aliphatic rings. The normalized spacial score (nSPS) is 12.9. The van der Waals surface area contributed by atoms with Gasteiger partial charge >= 0.3 is 0 Å². The number of nitrogens with two attached hydrogens (primary N) is 1. The molecule has 6 nitrogen and oxygen atoms in total. The number of aromatic nitrogens is 2. The Labute approximate surface area is 169 Å². The first kappa shape index (κ1) is 19.8. The zero-order valence-corrected chi connectivity index (χ0v) is 16.1. The van der Waals surface area contributed by atoms with Crippen LogP contribution in [0.4, 0.5) is 11.5 Å². The summed E-state index contributed by atoms with van der Waals surface area (Å²) < 4.78 is 6.06. The molecule has 7 heteroatoms. The number of anilines is 2. The summed E-state index contributed by atoms with van der Waals surface area (Å²) in [5.74, 6) is 1.34. The summed E-state index contributed by atoms with van der Waals surface area (Å²) in [5, 5.41) is 0. The van der Waals surface area contributed by atoms with E-state index in [0.717, 1.165) is 22.6 Å². The fourth-order valence-electron chi connectivity index (χ4n) is 3.23. The number of hydrogen-bond donors (Lipinski definition) is 1. The summed E-state index contributed by atoms with van der Waals surface area (Å²) in [6, 6.07) is 17.5. The predicted octanol–water partition coefficient (Wildman–Crippen LogP) is 3.55. The van der Waals surface area contributed by atoms with Crippen molar-refractivity contribution in [1.82, 2.24) is 9.97 Å². The number of hydrogen-bond acceptors (Lipinski definition) is 5. The fraction of sp³-hybridized carbons (Fsp3) is 0.190. The molecule has 1 aliphatic heterocycles. The number of fused-ring (bicyclic) bond motifs is 1. The average Bonchev–Trinajstić information content (AvgIpc) is 2.72. The molecule has 3 aromatic rings. The van der Waals surface area contributed by atoms with Crippen molar-refractivity contribution in [2.75, 3.05) is 4.90 Å². The smallest absolute Gasteiger partial charge is 0.233 e. The Balaban J connectivity index is 0.00000225. The van der Waals surface area contributed by atoms with Crippen molar-refractivity contribution in [1.29, 1.82) is 0 Å². The van der Waals surface area contributed by atoms with Gasteiger partial charge in [-0.25, -0.2) is 9.97 Å². The van der Waals surface area contributed by atoms with Crippen LogP contribution in [0.25, 0.3) is 0 Å². The molecule has 2 heterocycles. The Bertz CT molecular complexity index is 966. The summed E-state index contributed by atoms with van der Waals surface area (Å²) >= 11 is 0. The van der Waals surface area contributed by atoms with Gasteiger partial charge in [-0.15, -0.1) is 12.4 Å². The average molecular weight is 397 g/mol. The van der Waals surface area contributed by atoms with Crippen LogP contribution in [0.15, 0.2) is 60.9 Å². The van der Waals surface area contributed by atoms with Crippen LogP contribution in [0.2, 0.25) is 0 Å². The minimum atomic E-state index is 0. The number of rotatable bonds is 5. The first-order valence-corrected chi connectivity index (χ1v) is 8.89. The van der Waals surface area contributed by atoms with Crippen molar-refractivity contribution in [2.45, 2.75) is 26.0 Å². The first-order valence-electron chi connectivity index (χ1n) is 8.89. The van der Waals surface area contributed by atoms with Gasteiger partial charge in [-0.2, -0.15) is 0 Å². The Morgan fingerprint density at radius 3 is 2.64 bits per heavy atom. The number of halogens is 1. The predicted molar refractivity (Wildman–Crippen MR) is 110 cm³/mol. The van der Waals surface area contributed by atoms with Crippen LogP contribution >= 0.6 is 12.4 Å². The van der Waals surface area contributed by atoms with Gasteiger partial charge in [0.1, 0.15) is 24.5 Å². The highest BCUT2D eigenvalue weighted by Crippen LogP contribution is 2.38. The molecule has 1 amide bonds. The number of nitrogens with zero attached hydrogens (tertiary/aromatic N) is 3. The Morgan fingerprint density at radius 1 is 1.04 bits per heavy atom. The second kappa shape index (κ2) is 8.82. The van der Waals surface area contributed by atoms with Gasteiger partial charge in [0.15, 0.2) is 0 Å². The van der Waals surface area contributed by atoms with Crippen LogP contribution < -0.4 is 15.4 Å². The second-order valence-electron chi connectivity index (χ2n) is 6.33. The number of ether oxygens (including phenoxy) is 1. The van der Waals surface area contributed by atoms with Crippen LogP contribution in [-0.2, 0) is 24.4 Å². The van der Waals surface area contributed by atoms with Crippen molar-refractivity contribution >= 4 is 29.8 Å². The van der Waals surface area contributed by atoms with E-state index in [2.05, 4.69) is 9.97 Å². The minimum Gasteiger partial charge on any atom is -0.489 e. The van der Waals surface area contributed by atoms with Gasteiger partial charge in [0.05, 0.1) is 11.4 Å². The molecule has 0 aliphatic carbocycles. The van der Waals surface area contributed by atoms with Gasteiger partial charge in [0.2, 0.25) is 5.91 Å². The molecule has 0 atom stereocenters. The van der Waals surface area contributed by atoms with Crippen molar-refractivity contribution in [3.05, 3.63) is 77.7 Å². The van der Waals surface area contributed by atoms with Crippen LogP contribution in [0.5, 0.6) is 5.75 Å². The number of carbonyl (C=O) groups is 1. The highest BCUT2D eigenvalue weighted by Gasteiger charge is 2.28. The molecule has 2 aromatic carbocycles. The summed E-state index contributed by atoms with van der Waals surface area (Å²) in [4.78, 5) is 22.7. The van der Waals surface area contributed by atoms with Crippen molar-refractivity contribution in [3.63, 3.8) is 0 Å². The molecule has 0 saturated heterocycles. The molecule has 0 bridgehead atoms. The van der Waals surface area contributed by atoms with Crippen molar-refractivity contribution in [3.8, 4) is 5.75 Å². The van der Waals surface area contributed by atoms with Crippen LogP contribution in [0, 0.1) is 0 Å². The number of benzene rings is 2. The van der Waals surface area contributed by atoms with Gasteiger partial charge in [0.25, 0.3) is 0 Å². The highest BCUT2D eigenvalue weighted by molar-refractivity contribution is 6.02. The highest BCUT2D eigenvalue weighted by atomic mass is 35.5. The third-order valence-corrected chi connectivity index (χ3v) is 4.57. The van der Waals surface area contributed by atoms with Gasteiger partial charge in [-0.05, 0) is 24.1 Å². The number of amides is 1. The molecule has 0 radical (unpaired) electrons. The molecule has 4 rings (SSSR count). The maximum absolute atomic E-state index is 12.6. The summed E-state index contributed by atoms with van der Waals surface area (Å²) in [7, 11) is 0. The van der Waals surface area contributed by atoms with Gasteiger partial charge in [-0.1, -0.05) is 36.4 Å². The molecule has 0 saturated carbocycles. The fourth-order valence-corrected chi connectivity index (χ4v) is 3.23. The number of carbonyl (C=O) groups excluding carboxylic acids is 1. The van der Waals surface area contributed by atoms with Crippen LogP contribution in [-0.4, -0.2) is 15.9 Å². The SMILES string of the molecule is Cl.NCc1cc(N2C(=O)CCc3c(OCc4ccccc4)cccc32)ncn1. The zero-order chi connectivity index (χ0) is 18.6. The van der Waals surface area contributed by atoms with Gasteiger partial charge < -0.3 is 10.5 Å². The summed E-state index contributed by atoms with van der Waals surface area (Å²) in [6.45, 7) is 0.778. The topological polar surface area (TPSA) is 81.3 Å². The molecule has 0 spiro atoms. The van der Waals surface area contributed by atoms with Crippen molar-refractivity contribution in [2.24, 2.45) is 5.73 Å². The van der Waals surface area contributed by atoms with E-state index in [0.29, 0.717) is 37.5 Å². The third kappa shape index (κ3) is 3.98. The molecule has 28 heavy (non-hydrogen) atoms. The van der Waals surface area contributed by atoms with E-state index in [-0.39, 0.29) is 18.3 Å². The van der Waals surface area contributed by atoms with Crippen LogP contribution in [0.1, 0.15) is 23.2 Å². The lowest BCUT2D eigenvalue weighted by Gasteiger charge is -2.29. The van der Waals surface area contributed by atoms with E-state index in [1.54, 1.807) is 11.0 Å². The van der Waals surface area contributed by atoms with Crippen molar-refractivity contribution < 1.29 is 9.53 Å². The molecule has 0 unspecified atom stereocenters. The molecule has 0 fully saturated rings. The molecular weight excluding hydrogens is 376 g/mol. The van der Waals surface area contributed by atoms with Crippen LogP contribution in [0.3, 0.4) is 0 Å². The lowest BCUT2D eigenvalue weighted by molar-refractivity contribution is -0.118. The largest absolute Gasteiger partial charge is 0.489 e. The van der Waals surface area contributed by atoms with E-state index in [4.69, 9.17) is 10.5 Å². The maximum Gasteiger partial charge on any atom is 0.233 e. The van der Waals surface area contributed by atoms with E-state index in [1.165, 1.54) is 6.33 Å². The summed E-state index contributed by atoms with van der Waals surface area (Å²) in [6.07, 6.45) is 2.49. The molecule has 144 valence electrons. The van der Waals surface area contributed by atoms with Gasteiger partial charge in [0, 0.05) is 24.6 Å². The zero-order valence-electron chi connectivity index (χ0n) is 15.2. The second-order valence-corrected chi connectivity index (χ2v) is 6.33. The van der Waals surface area contributed by atoms with E-state index in [9.17, 15) is 4.79 Å². The standard InChI is InChI=1S/C21H20N4O2.ClH/c22-12-16-11-20(24-14-23-16)25-18-7-4-8-19(17(18)9-10-21(25)26)27-13-15-5-2-1-3-6-15;/h1-8,11,14H,9-10,12-13,22H2;1H. The molecule has 2 N–H and O–H groups in total. The Kier molecular flexibility index (Phi) is 6.23. The Morgan fingerprint density at radius 2 is 1.86 bits per heavy atom. The third-order valence-electron chi connectivity index (χ3n) is 4.57. The summed E-state index contributed by atoms with van der Waals surface area (Å²) in [5.41, 5.74) is 9.29.